The molecule has 4 aliphatic carbocycles. The van der Waals surface area contributed by atoms with Gasteiger partial charge in [-0.25, -0.2) is 0 Å². The van der Waals surface area contributed by atoms with Gasteiger partial charge in [0.1, 0.15) is 6.10 Å². The molecule has 0 spiro atoms. The van der Waals surface area contributed by atoms with Crippen LogP contribution in [-0.2, 0) is 19.1 Å². The molecule has 4 aliphatic rings. The third kappa shape index (κ3) is 11.7. The molecule has 4 heteroatoms. The van der Waals surface area contributed by atoms with E-state index in [1.165, 1.54) is 103 Å². The van der Waals surface area contributed by atoms with Gasteiger partial charge >= 0.3 is 11.9 Å². The smallest absolute Gasteiger partial charge is 0.311 e. The summed E-state index contributed by atoms with van der Waals surface area (Å²) in [5, 5.41) is 0. The van der Waals surface area contributed by atoms with E-state index in [0.717, 1.165) is 62.2 Å². The molecule has 0 aromatic heterocycles. The van der Waals surface area contributed by atoms with E-state index < -0.39 is 5.41 Å². The summed E-state index contributed by atoms with van der Waals surface area (Å²) in [4.78, 5) is 25.4. The van der Waals surface area contributed by atoms with Gasteiger partial charge in [0.25, 0.3) is 0 Å². The van der Waals surface area contributed by atoms with Gasteiger partial charge in [-0.1, -0.05) is 90.5 Å². The Labute approximate surface area is 315 Å². The number of allylic oxidation sites excluding steroid dienone is 4. The molecule has 0 aromatic rings. The maximum absolute atomic E-state index is 12.7. The zero-order valence-corrected chi connectivity index (χ0v) is 34.5. The fraction of sp³-hybridized carbons (Fsp3) is 0.872. The van der Waals surface area contributed by atoms with Crippen LogP contribution in [0, 0.1) is 51.8 Å². The summed E-state index contributed by atoms with van der Waals surface area (Å²) in [6.45, 7) is 16.4. The molecule has 0 bridgehead atoms. The third-order valence-corrected chi connectivity index (χ3v) is 14.7. The monoisotopic (exact) mass is 709 g/mol. The Bertz CT molecular complexity index is 1120. The Morgan fingerprint density at radius 2 is 1.41 bits per heavy atom. The Kier molecular flexibility index (Phi) is 16.7. The van der Waals surface area contributed by atoms with Crippen LogP contribution >= 0.6 is 0 Å². The summed E-state index contributed by atoms with van der Waals surface area (Å²) < 4.78 is 11.7. The van der Waals surface area contributed by atoms with Crippen LogP contribution in [0.3, 0.4) is 0 Å². The van der Waals surface area contributed by atoms with Gasteiger partial charge in [-0.2, -0.15) is 0 Å². The van der Waals surface area contributed by atoms with Gasteiger partial charge in [0, 0.05) is 6.42 Å². The van der Waals surface area contributed by atoms with Crippen molar-refractivity contribution in [3.05, 3.63) is 24.3 Å². The molecule has 0 N–H and O–H groups in total. The molecule has 4 rings (SSSR count). The first-order valence-electron chi connectivity index (χ1n) is 22.1. The van der Waals surface area contributed by atoms with E-state index in [1.807, 2.05) is 20.8 Å². The van der Waals surface area contributed by atoms with Gasteiger partial charge < -0.3 is 9.47 Å². The normalized spacial score (nSPS) is 32.8. The number of hydrogen-bond acceptors (Lipinski definition) is 4. The highest BCUT2D eigenvalue weighted by atomic mass is 16.5. The molecule has 0 saturated heterocycles. The van der Waals surface area contributed by atoms with Crippen molar-refractivity contribution >= 4 is 11.9 Å². The zero-order chi connectivity index (χ0) is 36.9. The highest BCUT2D eigenvalue weighted by molar-refractivity contribution is 5.75. The second-order valence-electron chi connectivity index (χ2n) is 19.3. The predicted molar refractivity (Wildman–Crippen MR) is 213 cm³/mol. The number of hydrogen-bond donors (Lipinski definition) is 0. The van der Waals surface area contributed by atoms with Gasteiger partial charge in [-0.15, -0.1) is 0 Å². The summed E-state index contributed by atoms with van der Waals surface area (Å²) in [7, 11) is 0. The molecule has 51 heavy (non-hydrogen) atoms. The minimum Gasteiger partial charge on any atom is -0.466 e. The van der Waals surface area contributed by atoms with Crippen LogP contribution in [0.1, 0.15) is 196 Å². The molecule has 4 fully saturated rings. The van der Waals surface area contributed by atoms with E-state index >= 15 is 0 Å². The molecule has 0 radical (unpaired) electrons. The standard InChI is InChI=1S/C47H80O4/c1-8-9-10-11-12-13-14-15-16-17-18-19-20-21-22-23-34-50-43(48)29-24-36(2)40-27-28-41-39-26-25-37-35-38(51-44(49)45(3,4)5)30-32-46(37,6)42(39)31-33-47(40,41)7/h12-13,15-16,36-42H,8-11,14,17-35H2,1-7H3/b13-12-,16-15-/t36-,37?,38-,39?,40?,41?,42?,46+,47-/m1/s1. The Hall–Kier alpha value is -1.58. The van der Waals surface area contributed by atoms with Crippen molar-refractivity contribution in [3.63, 3.8) is 0 Å². The second-order valence-corrected chi connectivity index (χ2v) is 19.3. The number of ether oxygens (including phenoxy) is 2. The topological polar surface area (TPSA) is 52.6 Å². The Balaban J connectivity index is 1.08. The number of unbranched alkanes of at least 4 members (excludes halogenated alkanes) is 9. The van der Waals surface area contributed by atoms with E-state index in [-0.39, 0.29) is 18.0 Å². The van der Waals surface area contributed by atoms with Crippen LogP contribution in [0.4, 0.5) is 0 Å². The molecule has 5 unspecified atom stereocenters. The van der Waals surface area contributed by atoms with Crippen molar-refractivity contribution in [3.8, 4) is 0 Å². The first kappa shape index (κ1) is 42.2. The summed E-state index contributed by atoms with van der Waals surface area (Å²) >= 11 is 0. The number of esters is 2. The molecule has 292 valence electrons. The number of rotatable bonds is 20. The largest absolute Gasteiger partial charge is 0.466 e. The summed E-state index contributed by atoms with van der Waals surface area (Å²) in [5.74, 6) is 4.45. The first-order valence-corrected chi connectivity index (χ1v) is 22.1. The van der Waals surface area contributed by atoms with Crippen LogP contribution in [0.5, 0.6) is 0 Å². The summed E-state index contributed by atoms with van der Waals surface area (Å²) in [5.41, 5.74) is 0.379. The number of carbonyl (C=O) groups is 2. The molecule has 0 aromatic carbocycles. The number of fused-ring (bicyclic) bond motifs is 5. The molecule has 4 saturated carbocycles. The van der Waals surface area contributed by atoms with Crippen LogP contribution in [-0.4, -0.2) is 24.6 Å². The van der Waals surface area contributed by atoms with Crippen molar-refractivity contribution in [1.29, 1.82) is 0 Å². The van der Waals surface area contributed by atoms with Gasteiger partial charge in [0.2, 0.25) is 0 Å². The zero-order valence-electron chi connectivity index (χ0n) is 34.5. The predicted octanol–water partition coefficient (Wildman–Crippen LogP) is 13.4. The van der Waals surface area contributed by atoms with E-state index in [0.29, 0.717) is 35.7 Å². The maximum atomic E-state index is 12.7. The lowest BCUT2D eigenvalue weighted by Crippen LogP contribution is -2.54. The molecule has 9 atom stereocenters. The Morgan fingerprint density at radius 1 is 0.765 bits per heavy atom. The van der Waals surface area contributed by atoms with Crippen molar-refractivity contribution in [1.82, 2.24) is 0 Å². The average Bonchev–Trinajstić information content (AvgIpc) is 3.45. The lowest BCUT2D eigenvalue weighted by Gasteiger charge is -2.61. The van der Waals surface area contributed by atoms with Gasteiger partial charge in [0.05, 0.1) is 12.0 Å². The molecule has 0 heterocycles. The highest BCUT2D eigenvalue weighted by Gasteiger charge is 2.60. The number of carbonyl (C=O) groups excluding carboxylic acids is 2. The molecule has 0 aliphatic heterocycles. The second kappa shape index (κ2) is 20.2. The minimum absolute atomic E-state index is 0.0166. The van der Waals surface area contributed by atoms with E-state index in [4.69, 9.17) is 9.47 Å². The summed E-state index contributed by atoms with van der Waals surface area (Å²) in [6.07, 6.45) is 37.1. The minimum atomic E-state index is -0.425. The van der Waals surface area contributed by atoms with E-state index in [2.05, 4.69) is 52.0 Å². The van der Waals surface area contributed by atoms with Gasteiger partial charge in [0.15, 0.2) is 0 Å². The van der Waals surface area contributed by atoms with Gasteiger partial charge in [-0.05, 0) is 170 Å². The van der Waals surface area contributed by atoms with E-state index in [9.17, 15) is 9.59 Å². The SMILES string of the molecule is CCCCC/C=C\C/C=C\CCCCCCCCOC(=O)CC[C@@H](C)C1CCC2C3CCC4C[C@H](OC(=O)C(C)(C)C)CC[C@]4(C)C3CC[C@@]21C. The van der Waals surface area contributed by atoms with Crippen LogP contribution < -0.4 is 0 Å². The third-order valence-electron chi connectivity index (χ3n) is 14.7. The molecule has 0 amide bonds. The maximum Gasteiger partial charge on any atom is 0.311 e. The molecule has 4 nitrogen and oxygen atoms in total. The van der Waals surface area contributed by atoms with Crippen LogP contribution in [0.2, 0.25) is 0 Å². The Morgan fingerprint density at radius 3 is 2.12 bits per heavy atom. The fourth-order valence-corrected chi connectivity index (χ4v) is 11.5. The van der Waals surface area contributed by atoms with Crippen molar-refractivity contribution in [2.24, 2.45) is 51.8 Å². The quantitative estimate of drug-likeness (QED) is 0.0718. The average molecular weight is 709 g/mol. The molecular formula is C47H80O4. The summed E-state index contributed by atoms with van der Waals surface area (Å²) in [6, 6.07) is 0. The van der Waals surface area contributed by atoms with Crippen molar-refractivity contribution < 1.29 is 19.1 Å². The van der Waals surface area contributed by atoms with Crippen molar-refractivity contribution in [2.45, 2.75) is 202 Å². The molecular weight excluding hydrogens is 629 g/mol. The van der Waals surface area contributed by atoms with Crippen molar-refractivity contribution in [2.75, 3.05) is 6.61 Å². The van der Waals surface area contributed by atoms with Crippen LogP contribution in [0.25, 0.3) is 0 Å². The lowest BCUT2D eigenvalue weighted by atomic mass is 9.44. The lowest BCUT2D eigenvalue weighted by molar-refractivity contribution is -0.170. The highest BCUT2D eigenvalue weighted by Crippen LogP contribution is 2.68. The van der Waals surface area contributed by atoms with Crippen LogP contribution in [0.15, 0.2) is 24.3 Å². The fourth-order valence-electron chi connectivity index (χ4n) is 11.5. The van der Waals surface area contributed by atoms with Gasteiger partial charge in [-0.3, -0.25) is 9.59 Å². The van der Waals surface area contributed by atoms with E-state index in [1.54, 1.807) is 0 Å². The first-order chi connectivity index (χ1) is 24.4.